The molecule has 3 atom stereocenters. The SMILES string of the molecule is CC(C)(C)OC(=O)N[C@]1(C(=O)O)[C@H]2CCCO[C@@H]2C1(C)C. The molecule has 1 amide bonds. The largest absolute Gasteiger partial charge is 0.479 e. The molecule has 2 N–H and O–H groups in total. The summed E-state index contributed by atoms with van der Waals surface area (Å²) in [6, 6.07) is 0. The van der Waals surface area contributed by atoms with Crippen molar-refractivity contribution in [1.29, 1.82) is 0 Å². The van der Waals surface area contributed by atoms with E-state index in [1.54, 1.807) is 20.8 Å². The molecule has 21 heavy (non-hydrogen) atoms. The highest BCUT2D eigenvalue weighted by molar-refractivity contribution is 5.88. The second-order valence-electron chi connectivity index (χ2n) is 7.50. The van der Waals surface area contributed by atoms with E-state index in [0.717, 1.165) is 12.8 Å². The van der Waals surface area contributed by atoms with Crippen molar-refractivity contribution in [2.24, 2.45) is 11.3 Å². The molecule has 0 radical (unpaired) electrons. The summed E-state index contributed by atoms with van der Waals surface area (Å²) in [6.07, 6.45) is 0.706. The van der Waals surface area contributed by atoms with Crippen molar-refractivity contribution in [3.63, 3.8) is 0 Å². The maximum Gasteiger partial charge on any atom is 0.408 e. The Labute approximate surface area is 125 Å². The van der Waals surface area contributed by atoms with E-state index in [2.05, 4.69) is 5.32 Å². The Morgan fingerprint density at radius 1 is 1.33 bits per heavy atom. The van der Waals surface area contributed by atoms with E-state index in [4.69, 9.17) is 9.47 Å². The highest BCUT2D eigenvalue weighted by Gasteiger charge is 2.73. The zero-order valence-electron chi connectivity index (χ0n) is 13.4. The summed E-state index contributed by atoms with van der Waals surface area (Å²) in [5, 5.41) is 12.4. The van der Waals surface area contributed by atoms with Gasteiger partial charge in [-0.15, -0.1) is 0 Å². The van der Waals surface area contributed by atoms with Gasteiger partial charge in [-0.05, 0) is 33.6 Å². The maximum absolute atomic E-state index is 12.1. The van der Waals surface area contributed by atoms with Gasteiger partial charge in [0.2, 0.25) is 0 Å². The van der Waals surface area contributed by atoms with Crippen LogP contribution in [0.5, 0.6) is 0 Å². The van der Waals surface area contributed by atoms with E-state index < -0.39 is 28.6 Å². The average molecular weight is 299 g/mol. The van der Waals surface area contributed by atoms with Gasteiger partial charge in [0.1, 0.15) is 5.60 Å². The fraction of sp³-hybridized carbons (Fsp3) is 0.867. The van der Waals surface area contributed by atoms with Crippen LogP contribution >= 0.6 is 0 Å². The highest BCUT2D eigenvalue weighted by atomic mass is 16.6. The van der Waals surface area contributed by atoms with Crippen LogP contribution in [0.3, 0.4) is 0 Å². The zero-order valence-corrected chi connectivity index (χ0v) is 13.4. The Kier molecular flexibility index (Phi) is 3.72. The molecule has 0 aromatic carbocycles. The van der Waals surface area contributed by atoms with Crippen LogP contribution in [0, 0.1) is 11.3 Å². The number of carboxylic acids is 1. The average Bonchev–Trinajstić information content (AvgIpc) is 2.33. The number of nitrogens with one attached hydrogen (secondary N) is 1. The molecule has 1 aliphatic heterocycles. The van der Waals surface area contributed by atoms with Crippen LogP contribution in [0.2, 0.25) is 0 Å². The number of aliphatic carboxylic acids is 1. The van der Waals surface area contributed by atoms with Crippen LogP contribution < -0.4 is 5.32 Å². The molecule has 1 heterocycles. The van der Waals surface area contributed by atoms with Crippen molar-refractivity contribution in [3.8, 4) is 0 Å². The number of carboxylic acid groups (broad SMARTS) is 1. The molecular weight excluding hydrogens is 274 g/mol. The molecule has 2 aliphatic rings. The molecule has 0 aromatic rings. The number of alkyl carbamates (subject to hydrolysis) is 1. The minimum Gasteiger partial charge on any atom is -0.479 e. The van der Waals surface area contributed by atoms with E-state index >= 15 is 0 Å². The number of hydrogen-bond donors (Lipinski definition) is 2. The Hall–Kier alpha value is -1.30. The monoisotopic (exact) mass is 299 g/mol. The summed E-state index contributed by atoms with van der Waals surface area (Å²) in [6.45, 7) is 9.54. The van der Waals surface area contributed by atoms with Gasteiger partial charge < -0.3 is 19.9 Å². The van der Waals surface area contributed by atoms with Gasteiger partial charge in [0.15, 0.2) is 5.54 Å². The number of hydrogen-bond acceptors (Lipinski definition) is 4. The van der Waals surface area contributed by atoms with Crippen molar-refractivity contribution in [1.82, 2.24) is 5.32 Å². The topological polar surface area (TPSA) is 84.9 Å². The Bertz CT molecular complexity index is 453. The number of ether oxygens (including phenoxy) is 2. The molecule has 120 valence electrons. The fourth-order valence-electron chi connectivity index (χ4n) is 3.75. The van der Waals surface area contributed by atoms with Gasteiger partial charge in [0.05, 0.1) is 6.10 Å². The van der Waals surface area contributed by atoms with Crippen LogP contribution in [0.15, 0.2) is 0 Å². The van der Waals surface area contributed by atoms with Gasteiger partial charge in [-0.1, -0.05) is 13.8 Å². The summed E-state index contributed by atoms with van der Waals surface area (Å²) in [5.74, 6) is -1.24. The van der Waals surface area contributed by atoms with E-state index in [1.807, 2.05) is 13.8 Å². The molecule has 0 aromatic heterocycles. The lowest BCUT2D eigenvalue weighted by molar-refractivity contribution is -0.241. The number of amides is 1. The minimum atomic E-state index is -1.33. The summed E-state index contributed by atoms with van der Waals surface area (Å²) in [4.78, 5) is 24.0. The predicted octanol–water partition coefficient (Wildman–Crippen LogP) is 2.17. The lowest BCUT2D eigenvalue weighted by Crippen LogP contribution is -2.82. The standard InChI is InChI=1S/C15H25NO5/c1-13(2,3)21-12(19)16-15(11(17)18)9-7-6-8-20-10(9)14(15,4)5/h9-10H,6-8H2,1-5H3,(H,16,19)(H,17,18)/t9-,10-,15-/m0/s1. The third-order valence-corrected chi connectivity index (χ3v) is 4.64. The van der Waals surface area contributed by atoms with Gasteiger partial charge in [0.25, 0.3) is 0 Å². The second-order valence-corrected chi connectivity index (χ2v) is 7.50. The second kappa shape index (κ2) is 4.87. The van der Waals surface area contributed by atoms with Crippen molar-refractivity contribution < 1.29 is 24.2 Å². The number of carbonyl (C=O) groups is 2. The van der Waals surface area contributed by atoms with Gasteiger partial charge in [-0.3, -0.25) is 0 Å². The van der Waals surface area contributed by atoms with Gasteiger partial charge in [-0.25, -0.2) is 9.59 Å². The summed E-state index contributed by atoms with van der Waals surface area (Å²) in [7, 11) is 0. The first-order valence-corrected chi connectivity index (χ1v) is 7.38. The molecule has 2 rings (SSSR count). The highest BCUT2D eigenvalue weighted by Crippen LogP contribution is 2.58. The van der Waals surface area contributed by atoms with Gasteiger partial charge >= 0.3 is 12.1 Å². The van der Waals surface area contributed by atoms with Crippen molar-refractivity contribution >= 4 is 12.1 Å². The number of fused-ring (bicyclic) bond motifs is 1. The molecule has 0 unspecified atom stereocenters. The lowest BCUT2D eigenvalue weighted by Gasteiger charge is -2.65. The van der Waals surface area contributed by atoms with Crippen LogP contribution in [-0.2, 0) is 14.3 Å². The molecule has 2 fully saturated rings. The van der Waals surface area contributed by atoms with Gasteiger partial charge in [0, 0.05) is 17.9 Å². The molecule has 0 bridgehead atoms. The maximum atomic E-state index is 12.1. The van der Waals surface area contributed by atoms with Gasteiger partial charge in [-0.2, -0.15) is 0 Å². The first kappa shape index (κ1) is 16.1. The summed E-state index contributed by atoms with van der Waals surface area (Å²) >= 11 is 0. The van der Waals surface area contributed by atoms with E-state index in [9.17, 15) is 14.7 Å². The van der Waals surface area contributed by atoms with Crippen molar-refractivity contribution in [2.75, 3.05) is 6.61 Å². The Morgan fingerprint density at radius 3 is 2.48 bits per heavy atom. The third-order valence-electron chi connectivity index (χ3n) is 4.64. The molecule has 0 spiro atoms. The minimum absolute atomic E-state index is 0.141. The molecule has 6 heteroatoms. The van der Waals surface area contributed by atoms with E-state index in [-0.39, 0.29) is 12.0 Å². The van der Waals surface area contributed by atoms with Crippen molar-refractivity contribution in [2.45, 2.75) is 64.7 Å². The molecule has 6 nitrogen and oxygen atoms in total. The summed E-state index contributed by atoms with van der Waals surface area (Å²) < 4.78 is 11.0. The zero-order chi connectivity index (χ0) is 16.1. The summed E-state index contributed by atoms with van der Waals surface area (Å²) in [5.41, 5.74) is -2.68. The molecule has 1 saturated heterocycles. The number of rotatable bonds is 2. The van der Waals surface area contributed by atoms with Crippen molar-refractivity contribution in [3.05, 3.63) is 0 Å². The van der Waals surface area contributed by atoms with E-state index in [0.29, 0.717) is 6.61 Å². The third kappa shape index (κ3) is 2.39. The quantitative estimate of drug-likeness (QED) is 0.816. The smallest absolute Gasteiger partial charge is 0.408 e. The molecule has 1 saturated carbocycles. The normalized spacial score (nSPS) is 34.3. The predicted molar refractivity (Wildman–Crippen MR) is 76.0 cm³/mol. The first-order chi connectivity index (χ1) is 9.52. The van der Waals surface area contributed by atoms with Crippen LogP contribution in [0.4, 0.5) is 4.79 Å². The van der Waals surface area contributed by atoms with Crippen LogP contribution in [-0.4, -0.2) is 41.0 Å². The first-order valence-electron chi connectivity index (χ1n) is 7.38. The molecular formula is C15H25NO5. The van der Waals surface area contributed by atoms with Crippen LogP contribution in [0.1, 0.15) is 47.5 Å². The van der Waals surface area contributed by atoms with E-state index in [1.165, 1.54) is 0 Å². The van der Waals surface area contributed by atoms with Crippen LogP contribution in [0.25, 0.3) is 0 Å². The fourth-order valence-corrected chi connectivity index (χ4v) is 3.75. The molecule has 1 aliphatic carbocycles. The Balaban J connectivity index is 2.25. The lowest BCUT2D eigenvalue weighted by atomic mass is 9.46. The number of carbonyl (C=O) groups excluding carboxylic acids is 1. The Morgan fingerprint density at radius 2 is 1.95 bits per heavy atom.